The lowest BCUT2D eigenvalue weighted by Crippen LogP contribution is -2.46. The first-order chi connectivity index (χ1) is 12.1. The fourth-order valence-electron chi connectivity index (χ4n) is 5.25. The highest BCUT2D eigenvalue weighted by Crippen LogP contribution is 2.65. The molecular weight excluding hydrogens is 316 g/mol. The van der Waals surface area contributed by atoms with Crippen molar-refractivity contribution in [3.05, 3.63) is 42.5 Å². The van der Waals surface area contributed by atoms with Gasteiger partial charge in [-0.2, -0.15) is 0 Å². The summed E-state index contributed by atoms with van der Waals surface area (Å²) in [6.45, 7) is 1.64. The van der Waals surface area contributed by atoms with Crippen LogP contribution < -0.4 is 5.32 Å². The molecule has 1 aliphatic heterocycles. The number of likely N-dealkylation sites (tertiary alicyclic amines) is 1. The van der Waals surface area contributed by atoms with Crippen LogP contribution >= 0.6 is 0 Å². The number of allylic oxidation sites excluding steroid dienone is 2. The summed E-state index contributed by atoms with van der Waals surface area (Å²) < 4.78 is 0. The molecule has 25 heavy (non-hydrogen) atoms. The lowest BCUT2D eigenvalue weighted by molar-refractivity contribution is -0.146. The number of rotatable bonds is 3. The smallest absolute Gasteiger partial charge is 0.247 e. The van der Waals surface area contributed by atoms with Crippen molar-refractivity contribution in [3.8, 4) is 0 Å². The van der Waals surface area contributed by atoms with Gasteiger partial charge in [0.25, 0.3) is 0 Å². The lowest BCUT2D eigenvalue weighted by atomic mass is 9.63. The number of imide groups is 1. The molecule has 5 nitrogen and oxygen atoms in total. The molecule has 2 saturated carbocycles. The van der Waals surface area contributed by atoms with E-state index in [0.29, 0.717) is 17.5 Å². The number of nitrogens with one attached hydrogen (secondary N) is 1. The van der Waals surface area contributed by atoms with E-state index in [2.05, 4.69) is 17.5 Å². The van der Waals surface area contributed by atoms with Crippen LogP contribution in [0, 0.1) is 35.5 Å². The van der Waals surface area contributed by atoms with Gasteiger partial charge in [-0.3, -0.25) is 19.3 Å². The Bertz CT molecular complexity index is 766. The molecule has 0 spiro atoms. The van der Waals surface area contributed by atoms with E-state index in [-0.39, 0.29) is 41.4 Å². The molecule has 128 valence electrons. The number of para-hydroxylation sites is 1. The Morgan fingerprint density at radius 2 is 1.60 bits per heavy atom. The highest BCUT2D eigenvalue weighted by atomic mass is 16.2. The van der Waals surface area contributed by atoms with Crippen LogP contribution in [0.1, 0.15) is 13.3 Å². The van der Waals surface area contributed by atoms with Gasteiger partial charge in [-0.05, 0) is 49.1 Å². The topological polar surface area (TPSA) is 66.5 Å². The molecule has 3 fully saturated rings. The molecule has 0 radical (unpaired) electrons. The largest absolute Gasteiger partial charge is 0.324 e. The van der Waals surface area contributed by atoms with Crippen LogP contribution in [0.3, 0.4) is 0 Å². The fourth-order valence-corrected chi connectivity index (χ4v) is 5.25. The monoisotopic (exact) mass is 336 g/mol. The van der Waals surface area contributed by atoms with Gasteiger partial charge in [0.2, 0.25) is 17.7 Å². The van der Waals surface area contributed by atoms with Gasteiger partial charge in [-0.1, -0.05) is 30.4 Å². The lowest BCUT2D eigenvalue weighted by Gasteiger charge is -2.37. The third kappa shape index (κ3) is 1.98. The second kappa shape index (κ2) is 5.04. The predicted octanol–water partition coefficient (Wildman–Crippen LogP) is 2.07. The fraction of sp³-hybridized carbons (Fsp3) is 0.450. The average Bonchev–Trinajstić information content (AvgIpc) is 3.40. The van der Waals surface area contributed by atoms with Crippen molar-refractivity contribution in [2.24, 2.45) is 35.5 Å². The summed E-state index contributed by atoms with van der Waals surface area (Å²) in [6.07, 6.45) is 5.42. The molecule has 2 bridgehead atoms. The van der Waals surface area contributed by atoms with E-state index in [1.165, 1.54) is 4.90 Å². The summed E-state index contributed by atoms with van der Waals surface area (Å²) in [6, 6.07) is 8.31. The number of nitrogens with zero attached hydrogens (tertiary/aromatic N) is 1. The molecule has 7 atom stereocenters. The van der Waals surface area contributed by atoms with Crippen LogP contribution in [0.25, 0.3) is 0 Å². The van der Waals surface area contributed by atoms with Crippen molar-refractivity contribution >= 4 is 23.4 Å². The summed E-state index contributed by atoms with van der Waals surface area (Å²) in [4.78, 5) is 39.8. The molecule has 1 N–H and O–H groups in total. The van der Waals surface area contributed by atoms with Crippen LogP contribution in [0.5, 0.6) is 0 Å². The molecule has 5 heteroatoms. The molecule has 1 aromatic rings. The van der Waals surface area contributed by atoms with Gasteiger partial charge in [0, 0.05) is 5.69 Å². The van der Waals surface area contributed by atoms with E-state index in [0.717, 1.165) is 6.42 Å². The molecule has 0 unspecified atom stereocenters. The van der Waals surface area contributed by atoms with E-state index in [1.807, 2.05) is 18.2 Å². The van der Waals surface area contributed by atoms with Gasteiger partial charge in [0.15, 0.2) is 0 Å². The van der Waals surface area contributed by atoms with Crippen molar-refractivity contribution in [1.29, 1.82) is 0 Å². The zero-order valence-electron chi connectivity index (χ0n) is 14.0. The molecule has 1 saturated heterocycles. The second-order valence-electron chi connectivity index (χ2n) is 7.73. The molecule has 0 aromatic heterocycles. The summed E-state index contributed by atoms with van der Waals surface area (Å²) in [5.41, 5.74) is 0.666. The molecule has 5 aliphatic rings. The van der Waals surface area contributed by atoms with E-state index in [1.54, 1.807) is 19.1 Å². The van der Waals surface area contributed by atoms with Gasteiger partial charge in [-0.25, -0.2) is 0 Å². The first-order valence-corrected chi connectivity index (χ1v) is 8.99. The van der Waals surface area contributed by atoms with E-state index < -0.39 is 6.04 Å². The molecule has 3 amide bonds. The first-order valence-electron chi connectivity index (χ1n) is 8.99. The van der Waals surface area contributed by atoms with E-state index >= 15 is 0 Å². The van der Waals surface area contributed by atoms with Crippen LogP contribution in [-0.4, -0.2) is 28.7 Å². The van der Waals surface area contributed by atoms with Gasteiger partial charge < -0.3 is 5.32 Å². The normalized spacial score (nSPS) is 38.4. The number of benzene rings is 1. The summed E-state index contributed by atoms with van der Waals surface area (Å²) >= 11 is 0. The van der Waals surface area contributed by atoms with Gasteiger partial charge in [-0.15, -0.1) is 0 Å². The van der Waals surface area contributed by atoms with Crippen molar-refractivity contribution in [1.82, 2.24) is 4.90 Å². The van der Waals surface area contributed by atoms with Crippen molar-refractivity contribution in [3.63, 3.8) is 0 Å². The van der Waals surface area contributed by atoms with E-state index in [9.17, 15) is 14.4 Å². The molecule has 1 heterocycles. The third-order valence-corrected chi connectivity index (χ3v) is 6.50. The van der Waals surface area contributed by atoms with Gasteiger partial charge in [0.1, 0.15) is 6.04 Å². The summed E-state index contributed by atoms with van der Waals surface area (Å²) in [7, 11) is 0. The zero-order chi connectivity index (χ0) is 17.3. The van der Waals surface area contributed by atoms with Crippen molar-refractivity contribution in [2.75, 3.05) is 5.32 Å². The zero-order valence-corrected chi connectivity index (χ0v) is 14.0. The maximum Gasteiger partial charge on any atom is 0.247 e. The van der Waals surface area contributed by atoms with Crippen molar-refractivity contribution < 1.29 is 14.4 Å². The Balaban J connectivity index is 1.39. The second-order valence-corrected chi connectivity index (χ2v) is 7.73. The van der Waals surface area contributed by atoms with Crippen LogP contribution in [-0.2, 0) is 14.4 Å². The standard InChI is InChI=1S/C20H20N2O3/c1-10(18(23)21-11-5-3-2-4-6-11)22-19(24)16-12-7-8-13(15-9-14(12)15)17(16)20(22)25/h2-8,10,12-17H,9H2,1H3,(H,21,23)/t10-,12+,13+,14+,15+,16-,17+/m1/s1. The summed E-state index contributed by atoms with van der Waals surface area (Å²) in [5.74, 6) is 0.374. The van der Waals surface area contributed by atoms with Crippen LogP contribution in [0.2, 0.25) is 0 Å². The quantitative estimate of drug-likeness (QED) is 0.679. The van der Waals surface area contributed by atoms with Gasteiger partial charge >= 0.3 is 0 Å². The average molecular weight is 336 g/mol. The van der Waals surface area contributed by atoms with Crippen LogP contribution in [0.4, 0.5) is 5.69 Å². The molecular formula is C20H20N2O3. The number of hydrogen-bond acceptors (Lipinski definition) is 3. The summed E-state index contributed by atoms with van der Waals surface area (Å²) in [5, 5.41) is 2.80. The number of amides is 3. The Labute approximate surface area is 146 Å². The molecule has 1 aromatic carbocycles. The minimum absolute atomic E-state index is 0.157. The molecule has 6 rings (SSSR count). The minimum atomic E-state index is -0.790. The minimum Gasteiger partial charge on any atom is -0.324 e. The molecule has 4 aliphatic carbocycles. The predicted molar refractivity (Wildman–Crippen MR) is 91.1 cm³/mol. The highest BCUT2D eigenvalue weighted by molar-refractivity contribution is 6.10. The van der Waals surface area contributed by atoms with Gasteiger partial charge in [0.05, 0.1) is 11.8 Å². The third-order valence-electron chi connectivity index (χ3n) is 6.50. The van der Waals surface area contributed by atoms with Crippen molar-refractivity contribution in [2.45, 2.75) is 19.4 Å². The number of carbonyl (C=O) groups excluding carboxylic acids is 3. The Hall–Kier alpha value is -2.43. The number of anilines is 1. The number of hydrogen-bond donors (Lipinski definition) is 1. The van der Waals surface area contributed by atoms with E-state index in [4.69, 9.17) is 0 Å². The SMILES string of the molecule is C[C@H](C(=O)Nc1ccccc1)N1C(=O)[C@@H]2[C@H]3C=C[C@@H]([C@@H]4C[C@@H]34)[C@@H]2C1=O. The highest BCUT2D eigenvalue weighted by Gasteiger charge is 2.67. The first kappa shape index (κ1) is 14.9. The number of carbonyl (C=O) groups is 3. The van der Waals surface area contributed by atoms with Crippen LogP contribution in [0.15, 0.2) is 42.5 Å². The maximum absolute atomic E-state index is 13.0. The Morgan fingerprint density at radius 3 is 2.16 bits per heavy atom. The Kier molecular flexibility index (Phi) is 3.00. The maximum atomic E-state index is 13.0. The Morgan fingerprint density at radius 1 is 1.04 bits per heavy atom.